The van der Waals surface area contributed by atoms with Crippen molar-refractivity contribution in [1.82, 2.24) is 10.6 Å². The summed E-state index contributed by atoms with van der Waals surface area (Å²) in [6, 6.07) is 15.8. The van der Waals surface area contributed by atoms with Crippen LogP contribution in [-0.2, 0) is 13.0 Å². The first-order chi connectivity index (χ1) is 10.3. The van der Waals surface area contributed by atoms with Crippen LogP contribution in [0.1, 0.15) is 29.2 Å². The maximum Gasteiger partial charge on any atom is 0.123 e. The minimum Gasteiger partial charge on any atom is -0.313 e. The topological polar surface area (TPSA) is 24.1 Å². The molecule has 1 heterocycles. The van der Waals surface area contributed by atoms with Crippen molar-refractivity contribution in [2.24, 2.45) is 0 Å². The Balaban J connectivity index is 1.61. The maximum absolute atomic E-state index is 12.9. The minimum absolute atomic E-state index is 0.171. The normalized spacial score (nSPS) is 18.0. The summed E-state index contributed by atoms with van der Waals surface area (Å²) in [6.07, 6.45) is 2.02. The van der Waals surface area contributed by atoms with Crippen LogP contribution >= 0.6 is 0 Å². The summed E-state index contributed by atoms with van der Waals surface area (Å²) in [6.45, 7) is 2.89. The smallest absolute Gasteiger partial charge is 0.123 e. The molecule has 0 bridgehead atoms. The summed E-state index contributed by atoms with van der Waals surface area (Å²) < 4.78 is 12.9. The summed E-state index contributed by atoms with van der Waals surface area (Å²) >= 11 is 0. The Morgan fingerprint density at radius 3 is 2.76 bits per heavy atom. The second kappa shape index (κ2) is 6.83. The van der Waals surface area contributed by atoms with E-state index in [0.29, 0.717) is 6.04 Å². The predicted molar refractivity (Wildman–Crippen MR) is 83.6 cm³/mol. The van der Waals surface area contributed by atoms with Crippen molar-refractivity contribution < 1.29 is 4.39 Å². The molecule has 3 heteroatoms. The largest absolute Gasteiger partial charge is 0.313 e. The standard InChI is InChI=1S/C18H21FN2/c19-16-7-5-14(6-8-16)9-12-21-18-10-11-20-13-15-3-1-2-4-17(15)18/h1-8,18,20-21H,9-13H2. The average molecular weight is 284 g/mol. The molecule has 0 amide bonds. The van der Waals surface area contributed by atoms with Crippen LogP contribution in [0.3, 0.4) is 0 Å². The summed E-state index contributed by atoms with van der Waals surface area (Å²) in [7, 11) is 0. The average Bonchev–Trinajstić information content (AvgIpc) is 2.72. The monoisotopic (exact) mass is 284 g/mol. The molecule has 1 aliphatic heterocycles. The first kappa shape index (κ1) is 14.2. The van der Waals surface area contributed by atoms with Crippen molar-refractivity contribution in [1.29, 1.82) is 0 Å². The van der Waals surface area contributed by atoms with Crippen molar-refractivity contribution in [2.75, 3.05) is 13.1 Å². The number of halogens is 1. The molecule has 1 unspecified atom stereocenters. The summed E-state index contributed by atoms with van der Waals surface area (Å²) in [5.74, 6) is -0.171. The van der Waals surface area contributed by atoms with E-state index in [9.17, 15) is 4.39 Å². The Morgan fingerprint density at radius 2 is 1.90 bits per heavy atom. The van der Waals surface area contributed by atoms with Crippen molar-refractivity contribution in [3.63, 3.8) is 0 Å². The van der Waals surface area contributed by atoms with Gasteiger partial charge in [0.25, 0.3) is 0 Å². The molecule has 2 aromatic rings. The van der Waals surface area contributed by atoms with Crippen LogP contribution < -0.4 is 10.6 Å². The van der Waals surface area contributed by atoms with Gasteiger partial charge in [-0.2, -0.15) is 0 Å². The van der Waals surface area contributed by atoms with E-state index in [-0.39, 0.29) is 5.82 Å². The SMILES string of the molecule is Fc1ccc(CCNC2CCNCc3ccccc32)cc1. The number of hydrogen-bond donors (Lipinski definition) is 2. The molecule has 0 saturated carbocycles. The molecule has 0 radical (unpaired) electrons. The van der Waals surface area contributed by atoms with Crippen LogP contribution in [0.25, 0.3) is 0 Å². The Hall–Kier alpha value is -1.71. The Labute approximate surface area is 125 Å². The van der Waals surface area contributed by atoms with Crippen LogP contribution in [0.4, 0.5) is 4.39 Å². The van der Waals surface area contributed by atoms with Crippen LogP contribution in [-0.4, -0.2) is 13.1 Å². The highest BCUT2D eigenvalue weighted by Crippen LogP contribution is 2.23. The predicted octanol–water partition coefficient (Wildman–Crippen LogP) is 3.19. The van der Waals surface area contributed by atoms with Gasteiger partial charge in [0.05, 0.1) is 0 Å². The number of hydrogen-bond acceptors (Lipinski definition) is 2. The maximum atomic E-state index is 12.9. The molecular weight excluding hydrogens is 263 g/mol. The lowest BCUT2D eigenvalue weighted by atomic mass is 9.99. The molecule has 0 saturated heterocycles. The molecule has 2 nitrogen and oxygen atoms in total. The fourth-order valence-electron chi connectivity index (χ4n) is 2.91. The molecule has 1 atom stereocenters. The van der Waals surface area contributed by atoms with E-state index < -0.39 is 0 Å². The second-order valence-electron chi connectivity index (χ2n) is 5.55. The Morgan fingerprint density at radius 1 is 1.10 bits per heavy atom. The lowest BCUT2D eigenvalue weighted by Gasteiger charge is -2.19. The van der Waals surface area contributed by atoms with E-state index in [1.54, 1.807) is 0 Å². The van der Waals surface area contributed by atoms with Gasteiger partial charge < -0.3 is 10.6 Å². The first-order valence-electron chi connectivity index (χ1n) is 7.59. The van der Waals surface area contributed by atoms with E-state index >= 15 is 0 Å². The number of benzene rings is 2. The zero-order chi connectivity index (χ0) is 14.5. The van der Waals surface area contributed by atoms with E-state index in [2.05, 4.69) is 34.9 Å². The van der Waals surface area contributed by atoms with Crippen molar-refractivity contribution in [2.45, 2.75) is 25.4 Å². The third-order valence-corrected chi connectivity index (χ3v) is 4.07. The quantitative estimate of drug-likeness (QED) is 0.901. The van der Waals surface area contributed by atoms with Crippen LogP contribution in [0.5, 0.6) is 0 Å². The number of fused-ring (bicyclic) bond motifs is 1. The van der Waals surface area contributed by atoms with Gasteiger partial charge in [0, 0.05) is 12.6 Å². The van der Waals surface area contributed by atoms with Gasteiger partial charge in [-0.3, -0.25) is 0 Å². The fraction of sp³-hybridized carbons (Fsp3) is 0.333. The highest BCUT2D eigenvalue weighted by molar-refractivity contribution is 5.31. The van der Waals surface area contributed by atoms with Crippen molar-refractivity contribution in [3.05, 3.63) is 71.0 Å². The van der Waals surface area contributed by atoms with Gasteiger partial charge in [-0.15, -0.1) is 0 Å². The van der Waals surface area contributed by atoms with Crippen LogP contribution in [0.2, 0.25) is 0 Å². The molecule has 2 N–H and O–H groups in total. The fourth-order valence-corrected chi connectivity index (χ4v) is 2.91. The summed E-state index contributed by atoms with van der Waals surface area (Å²) in [5.41, 5.74) is 3.96. The van der Waals surface area contributed by atoms with Gasteiger partial charge in [-0.05, 0) is 54.8 Å². The summed E-state index contributed by atoms with van der Waals surface area (Å²) in [5, 5.41) is 7.11. The van der Waals surface area contributed by atoms with Crippen LogP contribution in [0.15, 0.2) is 48.5 Å². The zero-order valence-electron chi connectivity index (χ0n) is 12.1. The van der Waals surface area contributed by atoms with Gasteiger partial charge in [0.1, 0.15) is 5.82 Å². The molecule has 0 fully saturated rings. The molecule has 0 aromatic heterocycles. The zero-order valence-corrected chi connectivity index (χ0v) is 12.1. The lowest BCUT2D eigenvalue weighted by Crippen LogP contribution is -2.25. The van der Waals surface area contributed by atoms with E-state index in [0.717, 1.165) is 32.5 Å². The minimum atomic E-state index is -0.171. The van der Waals surface area contributed by atoms with Gasteiger partial charge in [0.15, 0.2) is 0 Å². The molecular formula is C18H21FN2. The number of rotatable bonds is 4. The lowest BCUT2D eigenvalue weighted by molar-refractivity contribution is 0.499. The number of nitrogens with one attached hydrogen (secondary N) is 2. The van der Waals surface area contributed by atoms with E-state index in [4.69, 9.17) is 0 Å². The Bertz CT molecular complexity index is 580. The highest BCUT2D eigenvalue weighted by Gasteiger charge is 2.16. The summed E-state index contributed by atoms with van der Waals surface area (Å²) in [4.78, 5) is 0. The molecule has 1 aliphatic rings. The molecule has 3 rings (SSSR count). The third kappa shape index (κ3) is 3.69. The van der Waals surface area contributed by atoms with E-state index in [1.807, 2.05) is 12.1 Å². The van der Waals surface area contributed by atoms with Crippen molar-refractivity contribution in [3.8, 4) is 0 Å². The third-order valence-electron chi connectivity index (χ3n) is 4.07. The Kier molecular flexibility index (Phi) is 4.63. The second-order valence-corrected chi connectivity index (χ2v) is 5.55. The molecule has 0 spiro atoms. The van der Waals surface area contributed by atoms with E-state index in [1.165, 1.54) is 28.8 Å². The van der Waals surface area contributed by atoms with Gasteiger partial charge in [-0.1, -0.05) is 36.4 Å². The van der Waals surface area contributed by atoms with Crippen LogP contribution in [0, 0.1) is 5.82 Å². The van der Waals surface area contributed by atoms with Gasteiger partial charge >= 0.3 is 0 Å². The molecule has 110 valence electrons. The molecule has 21 heavy (non-hydrogen) atoms. The first-order valence-corrected chi connectivity index (χ1v) is 7.59. The molecule has 0 aliphatic carbocycles. The van der Waals surface area contributed by atoms with Gasteiger partial charge in [0.2, 0.25) is 0 Å². The highest BCUT2D eigenvalue weighted by atomic mass is 19.1. The molecule has 2 aromatic carbocycles. The van der Waals surface area contributed by atoms with Crippen molar-refractivity contribution >= 4 is 0 Å². The van der Waals surface area contributed by atoms with Gasteiger partial charge in [-0.25, -0.2) is 4.39 Å².